The Labute approximate surface area is 210 Å². The van der Waals surface area contributed by atoms with E-state index in [0.29, 0.717) is 12.2 Å². The molecule has 9 heteroatoms. The van der Waals surface area contributed by atoms with E-state index in [0.717, 1.165) is 29.9 Å². The van der Waals surface area contributed by atoms with Crippen LogP contribution in [0.15, 0.2) is 71.6 Å². The predicted octanol–water partition coefficient (Wildman–Crippen LogP) is 3.84. The SMILES string of the molecule is CC(=O)N1CC(NC(=O)Nc2ccc(S(=O)(=O)Cc3ccc4c(c3)CN(C)C4)cc2)c2ccccc21. The quantitative estimate of drug-likeness (QED) is 0.550. The van der Waals surface area contributed by atoms with Crippen LogP contribution < -0.4 is 15.5 Å². The van der Waals surface area contributed by atoms with E-state index >= 15 is 0 Å². The van der Waals surface area contributed by atoms with Crippen LogP contribution in [0.3, 0.4) is 0 Å². The molecule has 186 valence electrons. The summed E-state index contributed by atoms with van der Waals surface area (Å²) in [5.41, 5.74) is 5.32. The second-order valence-electron chi connectivity index (χ2n) is 9.40. The summed E-state index contributed by atoms with van der Waals surface area (Å²) in [6, 6.07) is 18.7. The molecule has 0 aliphatic carbocycles. The molecule has 8 nitrogen and oxygen atoms in total. The van der Waals surface area contributed by atoms with E-state index in [9.17, 15) is 18.0 Å². The van der Waals surface area contributed by atoms with Crippen LogP contribution in [0.1, 0.15) is 35.2 Å². The summed E-state index contributed by atoms with van der Waals surface area (Å²) in [5.74, 6) is -0.165. The number of sulfone groups is 1. The molecule has 0 aromatic heterocycles. The summed E-state index contributed by atoms with van der Waals surface area (Å²) in [6.07, 6.45) is 0. The average Bonchev–Trinajstić information content (AvgIpc) is 3.38. The maximum atomic E-state index is 13.0. The maximum absolute atomic E-state index is 13.0. The van der Waals surface area contributed by atoms with Gasteiger partial charge in [-0.05, 0) is 54.1 Å². The number of nitrogens with one attached hydrogen (secondary N) is 2. The predicted molar refractivity (Wildman–Crippen MR) is 138 cm³/mol. The van der Waals surface area contributed by atoms with E-state index in [1.165, 1.54) is 30.2 Å². The van der Waals surface area contributed by atoms with Gasteiger partial charge in [-0.1, -0.05) is 36.4 Å². The lowest BCUT2D eigenvalue weighted by Crippen LogP contribution is -2.36. The molecule has 3 amide bonds. The zero-order chi connectivity index (χ0) is 25.4. The lowest BCUT2D eigenvalue weighted by atomic mass is 10.1. The number of urea groups is 1. The molecule has 2 aliphatic rings. The molecule has 0 radical (unpaired) electrons. The average molecular weight is 505 g/mol. The highest BCUT2D eigenvalue weighted by Gasteiger charge is 2.31. The van der Waals surface area contributed by atoms with Gasteiger partial charge in [-0.25, -0.2) is 13.2 Å². The molecular formula is C27H28N4O4S. The van der Waals surface area contributed by atoms with Crippen molar-refractivity contribution in [1.82, 2.24) is 10.2 Å². The van der Waals surface area contributed by atoms with Crippen molar-refractivity contribution in [3.63, 3.8) is 0 Å². The highest BCUT2D eigenvalue weighted by molar-refractivity contribution is 7.90. The van der Waals surface area contributed by atoms with Gasteiger partial charge in [-0.3, -0.25) is 9.69 Å². The summed E-state index contributed by atoms with van der Waals surface area (Å²) in [7, 11) is -1.49. The van der Waals surface area contributed by atoms with Crippen molar-refractivity contribution in [2.45, 2.75) is 36.7 Å². The first-order chi connectivity index (χ1) is 17.2. The molecule has 1 atom stereocenters. The van der Waals surface area contributed by atoms with Gasteiger partial charge in [0.05, 0.1) is 23.2 Å². The second-order valence-corrected chi connectivity index (χ2v) is 11.4. The molecule has 2 N–H and O–H groups in total. The van der Waals surface area contributed by atoms with Crippen LogP contribution >= 0.6 is 0 Å². The van der Waals surface area contributed by atoms with Crippen molar-refractivity contribution in [3.05, 3.63) is 89.0 Å². The molecule has 0 fully saturated rings. The molecule has 5 rings (SSSR count). The highest BCUT2D eigenvalue weighted by atomic mass is 32.2. The number of rotatable bonds is 5. The number of carbonyl (C=O) groups is 2. The second kappa shape index (κ2) is 9.40. The van der Waals surface area contributed by atoms with Crippen molar-refractivity contribution in [2.75, 3.05) is 23.8 Å². The monoisotopic (exact) mass is 504 g/mol. The Morgan fingerprint density at radius 3 is 2.44 bits per heavy atom. The minimum absolute atomic E-state index is 0.0784. The number of amides is 3. The first kappa shape index (κ1) is 24.0. The summed E-state index contributed by atoms with van der Waals surface area (Å²) >= 11 is 0. The van der Waals surface area contributed by atoms with Gasteiger partial charge < -0.3 is 15.5 Å². The van der Waals surface area contributed by atoms with Gasteiger partial charge in [0.25, 0.3) is 0 Å². The fraction of sp³-hybridized carbons (Fsp3) is 0.259. The van der Waals surface area contributed by atoms with Crippen LogP contribution in [0.2, 0.25) is 0 Å². The number of para-hydroxylation sites is 1. The first-order valence-corrected chi connectivity index (χ1v) is 13.4. The molecule has 0 spiro atoms. The Kier molecular flexibility index (Phi) is 6.27. The van der Waals surface area contributed by atoms with Gasteiger partial charge >= 0.3 is 6.03 Å². The third kappa shape index (κ3) is 4.84. The van der Waals surface area contributed by atoms with Crippen molar-refractivity contribution >= 4 is 33.2 Å². The smallest absolute Gasteiger partial charge is 0.319 e. The van der Waals surface area contributed by atoms with E-state index in [1.54, 1.807) is 17.0 Å². The maximum Gasteiger partial charge on any atom is 0.319 e. The molecule has 1 unspecified atom stereocenters. The Morgan fingerprint density at radius 1 is 0.972 bits per heavy atom. The molecule has 2 heterocycles. The molecule has 3 aromatic carbocycles. The Bertz CT molecular complexity index is 1440. The number of benzene rings is 3. The van der Waals surface area contributed by atoms with Gasteiger partial charge in [0.15, 0.2) is 9.84 Å². The number of fused-ring (bicyclic) bond motifs is 2. The Hall–Kier alpha value is -3.69. The summed E-state index contributed by atoms with van der Waals surface area (Å²) < 4.78 is 26.0. The normalized spacial score (nSPS) is 16.9. The van der Waals surface area contributed by atoms with E-state index in [1.807, 2.05) is 49.5 Å². The van der Waals surface area contributed by atoms with E-state index in [4.69, 9.17) is 0 Å². The van der Waals surface area contributed by atoms with E-state index in [-0.39, 0.29) is 22.6 Å². The zero-order valence-corrected chi connectivity index (χ0v) is 21.0. The Morgan fingerprint density at radius 2 is 1.69 bits per heavy atom. The summed E-state index contributed by atoms with van der Waals surface area (Å²) in [6.45, 7) is 3.56. The first-order valence-electron chi connectivity index (χ1n) is 11.8. The Balaban J connectivity index is 1.23. The number of nitrogens with zero attached hydrogens (tertiary/aromatic N) is 2. The zero-order valence-electron chi connectivity index (χ0n) is 20.2. The standard InChI is InChI=1S/C27H28N4O4S/c1-18(32)31-16-25(24-5-3-4-6-26(24)31)29-27(33)28-22-9-11-23(12-10-22)36(34,35)17-19-7-8-20-14-30(2)15-21(20)13-19/h3-13,25H,14-17H2,1-2H3,(H2,28,29,33). The van der Waals surface area contributed by atoms with Crippen LogP contribution in [0.4, 0.5) is 16.2 Å². The molecule has 0 bridgehead atoms. The van der Waals surface area contributed by atoms with Crippen LogP contribution in [0.5, 0.6) is 0 Å². The minimum Gasteiger partial charge on any atom is -0.329 e. The molecule has 2 aliphatic heterocycles. The van der Waals surface area contributed by atoms with Crippen LogP contribution in [0, 0.1) is 0 Å². The van der Waals surface area contributed by atoms with Crippen molar-refractivity contribution in [2.24, 2.45) is 0 Å². The number of anilines is 2. The number of hydrogen-bond acceptors (Lipinski definition) is 5. The van der Waals surface area contributed by atoms with Crippen molar-refractivity contribution in [3.8, 4) is 0 Å². The molecule has 36 heavy (non-hydrogen) atoms. The van der Waals surface area contributed by atoms with Crippen LogP contribution in [0.25, 0.3) is 0 Å². The van der Waals surface area contributed by atoms with Gasteiger partial charge in [0, 0.05) is 37.0 Å². The van der Waals surface area contributed by atoms with Crippen molar-refractivity contribution in [1.29, 1.82) is 0 Å². The van der Waals surface area contributed by atoms with E-state index < -0.39 is 15.9 Å². The van der Waals surface area contributed by atoms with Crippen molar-refractivity contribution < 1.29 is 18.0 Å². The number of hydrogen-bond donors (Lipinski definition) is 2. The summed E-state index contributed by atoms with van der Waals surface area (Å²) in [5, 5.41) is 5.66. The molecule has 3 aromatic rings. The molecular weight excluding hydrogens is 476 g/mol. The third-order valence-corrected chi connectivity index (χ3v) is 8.34. The third-order valence-electron chi connectivity index (χ3n) is 6.63. The van der Waals surface area contributed by atoms with Gasteiger partial charge in [-0.2, -0.15) is 0 Å². The largest absolute Gasteiger partial charge is 0.329 e. The fourth-order valence-corrected chi connectivity index (χ4v) is 6.25. The fourth-order valence-electron chi connectivity index (χ4n) is 4.91. The van der Waals surface area contributed by atoms with Crippen LogP contribution in [-0.4, -0.2) is 38.8 Å². The molecule has 0 saturated carbocycles. The van der Waals surface area contributed by atoms with Gasteiger partial charge in [0.2, 0.25) is 5.91 Å². The molecule has 0 saturated heterocycles. The highest BCUT2D eigenvalue weighted by Crippen LogP contribution is 2.34. The summed E-state index contributed by atoms with van der Waals surface area (Å²) in [4.78, 5) is 28.6. The lowest BCUT2D eigenvalue weighted by molar-refractivity contribution is -0.116. The lowest BCUT2D eigenvalue weighted by Gasteiger charge is -2.16. The van der Waals surface area contributed by atoms with E-state index in [2.05, 4.69) is 15.5 Å². The van der Waals surface area contributed by atoms with Gasteiger partial charge in [-0.15, -0.1) is 0 Å². The van der Waals surface area contributed by atoms with Gasteiger partial charge in [0.1, 0.15) is 0 Å². The van der Waals surface area contributed by atoms with Crippen LogP contribution in [-0.2, 0) is 33.5 Å². The number of carbonyl (C=O) groups excluding carboxylic acids is 2. The minimum atomic E-state index is -3.54. The topological polar surface area (TPSA) is 98.8 Å².